The van der Waals surface area contributed by atoms with Gasteiger partial charge in [-0.05, 0) is 37.1 Å². The molecule has 1 saturated heterocycles. The first-order valence-electron chi connectivity index (χ1n) is 9.23. The predicted octanol–water partition coefficient (Wildman–Crippen LogP) is 3.00. The lowest BCUT2D eigenvalue weighted by molar-refractivity contribution is -0.131. The number of thioether (sulfide) groups is 1. The number of aromatic nitrogens is 3. The molecule has 1 aromatic carbocycles. The van der Waals surface area contributed by atoms with E-state index in [2.05, 4.69) is 28.4 Å². The Morgan fingerprint density at radius 3 is 2.89 bits per heavy atom. The fourth-order valence-electron chi connectivity index (χ4n) is 3.38. The van der Waals surface area contributed by atoms with Gasteiger partial charge in [0.2, 0.25) is 5.91 Å². The van der Waals surface area contributed by atoms with Crippen molar-refractivity contribution in [1.29, 1.82) is 0 Å². The van der Waals surface area contributed by atoms with Crippen LogP contribution in [0.5, 0.6) is 0 Å². The third-order valence-electron chi connectivity index (χ3n) is 4.55. The van der Waals surface area contributed by atoms with Gasteiger partial charge in [0, 0.05) is 11.4 Å². The van der Waals surface area contributed by atoms with Gasteiger partial charge in [-0.15, -0.1) is 16.9 Å². The molecule has 144 valence electrons. The molecule has 27 heavy (non-hydrogen) atoms. The largest absolute Gasteiger partial charge is 0.461 e. The average molecular weight is 388 g/mol. The van der Waals surface area contributed by atoms with Crippen LogP contribution < -0.4 is 0 Å². The van der Waals surface area contributed by atoms with Gasteiger partial charge in [0.25, 0.3) is 0 Å². The van der Waals surface area contributed by atoms with E-state index >= 15 is 0 Å². The normalized spacial score (nSPS) is 16.5. The zero-order chi connectivity index (χ0) is 19.2. The molecular formula is C19H24N4O3S. The van der Waals surface area contributed by atoms with Crippen LogP contribution in [0.1, 0.15) is 54.5 Å². The second-order valence-electron chi connectivity index (χ2n) is 6.24. The van der Waals surface area contributed by atoms with Crippen LogP contribution in [0.3, 0.4) is 0 Å². The molecule has 2 aromatic rings. The van der Waals surface area contributed by atoms with Crippen molar-refractivity contribution in [2.24, 2.45) is 0 Å². The maximum atomic E-state index is 13.0. The van der Waals surface area contributed by atoms with Gasteiger partial charge in [-0.3, -0.25) is 4.79 Å². The Bertz CT molecular complexity index is 808. The van der Waals surface area contributed by atoms with Gasteiger partial charge in [-0.1, -0.05) is 25.1 Å². The summed E-state index contributed by atoms with van der Waals surface area (Å²) in [6.45, 7) is 4.77. The van der Waals surface area contributed by atoms with Gasteiger partial charge >= 0.3 is 5.97 Å². The number of hydrogen-bond donors (Lipinski definition) is 1. The summed E-state index contributed by atoms with van der Waals surface area (Å²) in [6.07, 6.45) is 1.97. The minimum atomic E-state index is -0.509. The van der Waals surface area contributed by atoms with E-state index in [1.807, 2.05) is 23.1 Å². The summed E-state index contributed by atoms with van der Waals surface area (Å²) < 4.78 is 5.05. The Labute approximate surface area is 162 Å². The van der Waals surface area contributed by atoms with Crippen molar-refractivity contribution in [1.82, 2.24) is 20.3 Å². The Morgan fingerprint density at radius 1 is 1.30 bits per heavy atom. The first-order valence-corrected chi connectivity index (χ1v) is 10.2. The first-order chi connectivity index (χ1) is 13.2. The number of amides is 1. The maximum Gasteiger partial charge on any atom is 0.360 e. The molecule has 1 N–H and O–H groups in total. The van der Waals surface area contributed by atoms with Gasteiger partial charge in [-0.25, -0.2) is 4.79 Å². The fraction of sp³-hybridized carbons (Fsp3) is 0.474. The van der Waals surface area contributed by atoms with E-state index in [4.69, 9.17) is 4.74 Å². The molecule has 1 unspecified atom stereocenters. The molecule has 1 aliphatic heterocycles. The number of aromatic amines is 1. The molecule has 8 heteroatoms. The number of likely N-dealkylation sites (tertiary alicyclic amines) is 1. The molecule has 1 amide bonds. The standard InChI is InChI=1S/C19H24N4O3S/c1-3-26-19(25)18-17(20-22-21-18)14-9-7-11-23(14)16(24)12-13-8-5-6-10-15(13)27-4-2/h5-6,8,10,14H,3-4,7,9,11-12H2,1-2H3,(H,20,21,22). The number of rotatable bonds is 7. The van der Waals surface area contributed by atoms with E-state index in [0.717, 1.165) is 29.1 Å². The topological polar surface area (TPSA) is 88.2 Å². The Hall–Kier alpha value is -2.35. The summed E-state index contributed by atoms with van der Waals surface area (Å²) >= 11 is 1.74. The highest BCUT2D eigenvalue weighted by molar-refractivity contribution is 7.99. The number of hydrogen-bond acceptors (Lipinski definition) is 6. The van der Waals surface area contributed by atoms with Gasteiger partial charge in [0.1, 0.15) is 5.69 Å². The van der Waals surface area contributed by atoms with Crippen LogP contribution in [0, 0.1) is 0 Å². The van der Waals surface area contributed by atoms with E-state index in [1.54, 1.807) is 18.7 Å². The van der Waals surface area contributed by atoms with Crippen LogP contribution in [0.25, 0.3) is 0 Å². The number of esters is 1. The van der Waals surface area contributed by atoms with Crippen LogP contribution in [-0.4, -0.2) is 51.1 Å². The maximum absolute atomic E-state index is 13.0. The minimum Gasteiger partial charge on any atom is -0.461 e. The van der Waals surface area contributed by atoms with Crippen LogP contribution in [0.4, 0.5) is 0 Å². The number of nitrogens with one attached hydrogen (secondary N) is 1. The number of ether oxygens (including phenoxy) is 1. The SMILES string of the molecule is CCOC(=O)c1n[nH]nc1C1CCCN1C(=O)Cc1ccccc1SCC. The van der Waals surface area contributed by atoms with Crippen molar-refractivity contribution in [2.45, 2.75) is 44.0 Å². The number of carbonyl (C=O) groups is 2. The zero-order valence-corrected chi connectivity index (χ0v) is 16.4. The third kappa shape index (κ3) is 4.32. The molecule has 0 saturated carbocycles. The Kier molecular flexibility index (Phi) is 6.49. The molecule has 2 heterocycles. The molecule has 0 aliphatic carbocycles. The van der Waals surface area contributed by atoms with Crippen LogP contribution in [0.15, 0.2) is 29.2 Å². The smallest absolute Gasteiger partial charge is 0.360 e. The molecule has 7 nitrogen and oxygen atoms in total. The molecule has 1 aromatic heterocycles. The lowest BCUT2D eigenvalue weighted by Crippen LogP contribution is -2.33. The van der Waals surface area contributed by atoms with Crippen molar-refractivity contribution >= 4 is 23.6 Å². The van der Waals surface area contributed by atoms with Crippen LogP contribution in [-0.2, 0) is 16.0 Å². The summed E-state index contributed by atoms with van der Waals surface area (Å²) in [5, 5.41) is 10.6. The van der Waals surface area contributed by atoms with Crippen LogP contribution in [0.2, 0.25) is 0 Å². The zero-order valence-electron chi connectivity index (χ0n) is 15.6. The summed E-state index contributed by atoms with van der Waals surface area (Å²) in [6, 6.07) is 7.75. The number of nitrogens with zero attached hydrogens (tertiary/aromatic N) is 3. The molecule has 0 bridgehead atoms. The van der Waals surface area contributed by atoms with E-state index in [-0.39, 0.29) is 24.2 Å². The molecule has 1 atom stereocenters. The van der Waals surface area contributed by atoms with E-state index in [0.29, 0.717) is 18.7 Å². The van der Waals surface area contributed by atoms with E-state index < -0.39 is 5.97 Å². The van der Waals surface area contributed by atoms with Crippen molar-refractivity contribution in [3.8, 4) is 0 Å². The molecule has 3 rings (SSSR count). The summed E-state index contributed by atoms with van der Waals surface area (Å²) in [5.41, 5.74) is 1.70. The lowest BCUT2D eigenvalue weighted by Gasteiger charge is -2.24. The predicted molar refractivity (Wildman–Crippen MR) is 103 cm³/mol. The molecule has 0 spiro atoms. The fourth-order valence-corrected chi connectivity index (χ4v) is 4.19. The van der Waals surface area contributed by atoms with Gasteiger partial charge in [0.15, 0.2) is 5.69 Å². The highest BCUT2D eigenvalue weighted by Crippen LogP contribution is 2.33. The van der Waals surface area contributed by atoms with Gasteiger partial charge in [0.05, 0.1) is 19.1 Å². The minimum absolute atomic E-state index is 0.0412. The lowest BCUT2D eigenvalue weighted by atomic mass is 10.1. The van der Waals surface area contributed by atoms with Crippen molar-refractivity contribution < 1.29 is 14.3 Å². The highest BCUT2D eigenvalue weighted by Gasteiger charge is 2.35. The molecular weight excluding hydrogens is 364 g/mol. The van der Waals surface area contributed by atoms with Crippen molar-refractivity contribution in [3.05, 3.63) is 41.2 Å². The van der Waals surface area contributed by atoms with E-state index in [9.17, 15) is 9.59 Å². The van der Waals surface area contributed by atoms with Gasteiger partial charge in [-0.2, -0.15) is 10.3 Å². The number of carbonyl (C=O) groups excluding carboxylic acids is 2. The summed E-state index contributed by atoms with van der Waals surface area (Å²) in [4.78, 5) is 28.1. The summed E-state index contributed by atoms with van der Waals surface area (Å²) in [7, 11) is 0. The molecule has 1 fully saturated rings. The quantitative estimate of drug-likeness (QED) is 0.579. The average Bonchev–Trinajstić information content (AvgIpc) is 3.32. The highest BCUT2D eigenvalue weighted by atomic mass is 32.2. The van der Waals surface area contributed by atoms with Crippen molar-refractivity contribution in [3.63, 3.8) is 0 Å². The third-order valence-corrected chi connectivity index (χ3v) is 5.54. The molecule has 0 radical (unpaired) electrons. The van der Waals surface area contributed by atoms with Crippen molar-refractivity contribution in [2.75, 3.05) is 18.9 Å². The first kappa shape index (κ1) is 19.4. The monoisotopic (exact) mass is 388 g/mol. The van der Waals surface area contributed by atoms with E-state index in [1.165, 1.54) is 0 Å². The van der Waals surface area contributed by atoms with Crippen LogP contribution >= 0.6 is 11.8 Å². The Balaban J connectivity index is 1.78. The molecule has 1 aliphatic rings. The number of benzene rings is 1. The summed E-state index contributed by atoms with van der Waals surface area (Å²) in [5.74, 6) is 0.490. The Morgan fingerprint density at radius 2 is 2.11 bits per heavy atom. The second kappa shape index (κ2) is 9.03. The number of H-pyrrole nitrogens is 1. The van der Waals surface area contributed by atoms with Gasteiger partial charge < -0.3 is 9.64 Å². The second-order valence-corrected chi connectivity index (χ2v) is 7.55.